The van der Waals surface area contributed by atoms with Gasteiger partial charge in [0, 0.05) is 24.1 Å². The highest BCUT2D eigenvalue weighted by atomic mass is 16.5. The van der Waals surface area contributed by atoms with Crippen molar-refractivity contribution in [1.29, 1.82) is 0 Å². The Bertz CT molecular complexity index is 946. The Morgan fingerprint density at radius 2 is 1.59 bits per heavy atom. The molecule has 0 atom stereocenters. The SMILES string of the molecule is CCOC(=O)Nc1ccc(CN(CCCCCc2ccccc2)CCCc2ccccn2)cc1. The number of ether oxygens (including phenoxy) is 1. The number of rotatable bonds is 14. The smallest absolute Gasteiger partial charge is 0.411 e. The number of carbonyl (C=O) groups excluding carboxylic acids is 1. The molecule has 0 spiro atoms. The molecule has 180 valence electrons. The molecule has 5 nitrogen and oxygen atoms in total. The van der Waals surface area contributed by atoms with Crippen LogP contribution >= 0.6 is 0 Å². The fourth-order valence-electron chi connectivity index (χ4n) is 4.02. The van der Waals surface area contributed by atoms with Crippen LogP contribution in [0.3, 0.4) is 0 Å². The number of nitrogens with zero attached hydrogens (tertiary/aromatic N) is 2. The fraction of sp³-hybridized carbons (Fsp3) is 0.379. The van der Waals surface area contributed by atoms with Gasteiger partial charge < -0.3 is 4.74 Å². The van der Waals surface area contributed by atoms with E-state index in [0.717, 1.165) is 50.3 Å². The minimum atomic E-state index is -0.415. The van der Waals surface area contributed by atoms with Gasteiger partial charge in [0.05, 0.1) is 6.61 Å². The van der Waals surface area contributed by atoms with Gasteiger partial charge in [-0.2, -0.15) is 0 Å². The van der Waals surface area contributed by atoms with E-state index >= 15 is 0 Å². The fourth-order valence-corrected chi connectivity index (χ4v) is 4.02. The Hall–Kier alpha value is -3.18. The van der Waals surface area contributed by atoms with E-state index in [0.29, 0.717) is 6.61 Å². The van der Waals surface area contributed by atoms with Crippen LogP contribution in [0.2, 0.25) is 0 Å². The lowest BCUT2D eigenvalue weighted by Gasteiger charge is -2.22. The lowest BCUT2D eigenvalue weighted by molar-refractivity contribution is 0.168. The van der Waals surface area contributed by atoms with Gasteiger partial charge in [-0.1, -0.05) is 55.0 Å². The highest BCUT2D eigenvalue weighted by Gasteiger charge is 2.08. The largest absolute Gasteiger partial charge is 0.450 e. The zero-order valence-corrected chi connectivity index (χ0v) is 20.3. The summed E-state index contributed by atoms with van der Waals surface area (Å²) in [5.74, 6) is 0. The Labute approximate surface area is 204 Å². The number of hydrogen-bond donors (Lipinski definition) is 1. The molecule has 1 aromatic heterocycles. The summed E-state index contributed by atoms with van der Waals surface area (Å²) in [6.07, 6.45) is 8.33. The van der Waals surface area contributed by atoms with Crippen LogP contribution in [0.15, 0.2) is 79.0 Å². The molecule has 0 unspecified atom stereocenters. The zero-order valence-electron chi connectivity index (χ0n) is 20.3. The lowest BCUT2D eigenvalue weighted by atomic mass is 10.1. The van der Waals surface area contributed by atoms with Crippen LogP contribution < -0.4 is 5.32 Å². The van der Waals surface area contributed by atoms with E-state index in [2.05, 4.69) is 69.8 Å². The average Bonchev–Trinajstić information content (AvgIpc) is 2.86. The van der Waals surface area contributed by atoms with Crippen molar-refractivity contribution in [3.05, 3.63) is 95.8 Å². The first-order valence-electron chi connectivity index (χ1n) is 12.4. The molecule has 0 saturated carbocycles. The quantitative estimate of drug-likeness (QED) is 0.280. The first-order valence-corrected chi connectivity index (χ1v) is 12.4. The molecule has 0 aliphatic heterocycles. The van der Waals surface area contributed by atoms with Gasteiger partial charge in [-0.05, 0) is 87.5 Å². The monoisotopic (exact) mass is 459 g/mol. The summed E-state index contributed by atoms with van der Waals surface area (Å²) in [5, 5.41) is 2.76. The summed E-state index contributed by atoms with van der Waals surface area (Å²) in [6, 6.07) is 24.9. The number of anilines is 1. The predicted molar refractivity (Wildman–Crippen MR) is 139 cm³/mol. The predicted octanol–water partition coefficient (Wildman–Crippen LogP) is 6.50. The minimum absolute atomic E-state index is 0.364. The van der Waals surface area contributed by atoms with Crippen LogP contribution in [0.4, 0.5) is 10.5 Å². The third kappa shape index (κ3) is 9.75. The molecule has 34 heavy (non-hydrogen) atoms. The van der Waals surface area contributed by atoms with Crippen molar-refractivity contribution in [3.63, 3.8) is 0 Å². The van der Waals surface area contributed by atoms with E-state index in [-0.39, 0.29) is 0 Å². The number of pyridine rings is 1. The number of aromatic nitrogens is 1. The van der Waals surface area contributed by atoms with Crippen LogP contribution in [-0.2, 0) is 24.1 Å². The Morgan fingerprint density at radius 1 is 0.824 bits per heavy atom. The van der Waals surface area contributed by atoms with Gasteiger partial charge in [0.25, 0.3) is 0 Å². The number of unbranched alkanes of at least 4 members (excludes halogenated alkanes) is 2. The molecular formula is C29H37N3O2. The van der Waals surface area contributed by atoms with Gasteiger partial charge in [0.15, 0.2) is 0 Å². The third-order valence-electron chi connectivity index (χ3n) is 5.80. The Kier molecular flexibility index (Phi) is 11.1. The van der Waals surface area contributed by atoms with Crippen molar-refractivity contribution in [3.8, 4) is 0 Å². The molecule has 0 aliphatic rings. The normalized spacial score (nSPS) is 10.9. The van der Waals surface area contributed by atoms with E-state index in [4.69, 9.17) is 4.74 Å². The first-order chi connectivity index (χ1) is 16.7. The first kappa shape index (κ1) is 25.4. The summed E-state index contributed by atoms with van der Waals surface area (Å²) < 4.78 is 4.95. The number of aryl methyl sites for hydroxylation is 2. The molecular weight excluding hydrogens is 422 g/mol. The minimum Gasteiger partial charge on any atom is -0.450 e. The summed E-state index contributed by atoms with van der Waals surface area (Å²) in [4.78, 5) is 18.6. The van der Waals surface area contributed by atoms with Crippen molar-refractivity contribution >= 4 is 11.8 Å². The van der Waals surface area contributed by atoms with Gasteiger partial charge in [-0.3, -0.25) is 15.2 Å². The number of benzene rings is 2. The molecule has 3 rings (SSSR count). The van der Waals surface area contributed by atoms with Gasteiger partial charge in [0.2, 0.25) is 0 Å². The summed E-state index contributed by atoms with van der Waals surface area (Å²) in [5.41, 5.74) is 4.58. The molecule has 2 aromatic carbocycles. The maximum absolute atomic E-state index is 11.6. The highest BCUT2D eigenvalue weighted by molar-refractivity contribution is 5.84. The molecule has 0 aliphatic carbocycles. The molecule has 3 aromatic rings. The van der Waals surface area contributed by atoms with Crippen LogP contribution in [0.25, 0.3) is 0 Å². The molecule has 1 amide bonds. The maximum Gasteiger partial charge on any atom is 0.411 e. The second kappa shape index (κ2) is 14.9. The number of carbonyl (C=O) groups is 1. The third-order valence-corrected chi connectivity index (χ3v) is 5.80. The van der Waals surface area contributed by atoms with Crippen molar-refractivity contribution in [2.75, 3.05) is 25.0 Å². The zero-order chi connectivity index (χ0) is 23.8. The topological polar surface area (TPSA) is 54.5 Å². The summed E-state index contributed by atoms with van der Waals surface area (Å²) in [7, 11) is 0. The van der Waals surface area contributed by atoms with Crippen molar-refractivity contribution in [2.45, 2.75) is 52.0 Å². The Morgan fingerprint density at radius 3 is 2.32 bits per heavy atom. The number of nitrogens with one attached hydrogen (secondary N) is 1. The molecule has 0 bridgehead atoms. The van der Waals surface area contributed by atoms with Crippen LogP contribution in [-0.4, -0.2) is 35.7 Å². The van der Waals surface area contributed by atoms with Gasteiger partial charge in [0.1, 0.15) is 0 Å². The van der Waals surface area contributed by atoms with Crippen molar-refractivity contribution < 1.29 is 9.53 Å². The Balaban J connectivity index is 1.48. The van der Waals surface area contributed by atoms with E-state index in [1.807, 2.05) is 24.4 Å². The molecule has 0 fully saturated rings. The lowest BCUT2D eigenvalue weighted by Crippen LogP contribution is -2.26. The average molecular weight is 460 g/mol. The van der Waals surface area contributed by atoms with E-state index in [1.54, 1.807) is 6.92 Å². The maximum atomic E-state index is 11.6. The van der Waals surface area contributed by atoms with Crippen molar-refractivity contribution in [1.82, 2.24) is 9.88 Å². The summed E-state index contributed by atoms with van der Waals surface area (Å²) in [6.45, 7) is 5.19. The van der Waals surface area contributed by atoms with E-state index in [1.165, 1.54) is 30.4 Å². The molecule has 1 heterocycles. The van der Waals surface area contributed by atoms with Crippen molar-refractivity contribution in [2.24, 2.45) is 0 Å². The van der Waals surface area contributed by atoms with Gasteiger partial charge >= 0.3 is 6.09 Å². The second-order valence-electron chi connectivity index (χ2n) is 8.54. The molecule has 5 heteroatoms. The van der Waals surface area contributed by atoms with Crippen LogP contribution in [0.1, 0.15) is 49.4 Å². The van der Waals surface area contributed by atoms with Crippen LogP contribution in [0.5, 0.6) is 0 Å². The standard InChI is InChI=1S/C29H37N3O2/c1-2-34-29(33)31-28-19-17-26(18-20-28)24-32(23-11-16-27-15-8-9-21-30-27)22-10-4-7-14-25-12-5-3-6-13-25/h3,5-6,8-9,12-13,15,17-21H,2,4,7,10-11,14,16,22-24H2,1H3,(H,31,33). The van der Waals surface area contributed by atoms with E-state index < -0.39 is 6.09 Å². The second-order valence-corrected chi connectivity index (χ2v) is 8.54. The van der Waals surface area contributed by atoms with Gasteiger partial charge in [-0.15, -0.1) is 0 Å². The number of amides is 1. The molecule has 0 saturated heterocycles. The van der Waals surface area contributed by atoms with E-state index in [9.17, 15) is 4.79 Å². The number of hydrogen-bond acceptors (Lipinski definition) is 4. The summed E-state index contributed by atoms with van der Waals surface area (Å²) >= 11 is 0. The van der Waals surface area contributed by atoms with Gasteiger partial charge in [-0.25, -0.2) is 4.79 Å². The van der Waals surface area contributed by atoms with Crippen LogP contribution in [0, 0.1) is 0 Å². The highest BCUT2D eigenvalue weighted by Crippen LogP contribution is 2.14. The molecule has 1 N–H and O–H groups in total. The molecule has 0 radical (unpaired) electrons.